The lowest BCUT2D eigenvalue weighted by molar-refractivity contribution is -0.121. The third-order valence-electron chi connectivity index (χ3n) is 4.25. The number of carbonyl (C=O) groups is 1. The van der Waals surface area contributed by atoms with Gasteiger partial charge >= 0.3 is 0 Å². The second kappa shape index (κ2) is 5.16. The standard InChI is InChI=1S/C18H20O/c1-13-2-6-17-12-15(3-7-16(17)10-13)11-14-4-8-18(19)9-5-14/h2-3,6-7,10,12,14H,4-5,8-9,11H2,1H3. The molecule has 19 heavy (non-hydrogen) atoms. The van der Waals surface area contributed by atoms with Crippen molar-refractivity contribution in [3.8, 4) is 0 Å². The lowest BCUT2D eigenvalue weighted by atomic mass is 9.84. The van der Waals surface area contributed by atoms with Gasteiger partial charge in [-0.3, -0.25) is 4.79 Å². The van der Waals surface area contributed by atoms with Crippen LogP contribution in [0.4, 0.5) is 0 Å². The molecule has 1 nitrogen and oxygen atoms in total. The Balaban J connectivity index is 1.78. The van der Waals surface area contributed by atoms with E-state index in [-0.39, 0.29) is 0 Å². The highest BCUT2D eigenvalue weighted by atomic mass is 16.1. The number of aryl methyl sites for hydroxylation is 1. The van der Waals surface area contributed by atoms with Gasteiger partial charge in [0.05, 0.1) is 0 Å². The molecule has 1 fully saturated rings. The van der Waals surface area contributed by atoms with E-state index in [4.69, 9.17) is 0 Å². The van der Waals surface area contributed by atoms with Crippen molar-refractivity contribution >= 4 is 16.6 Å². The monoisotopic (exact) mass is 252 g/mol. The summed E-state index contributed by atoms with van der Waals surface area (Å²) in [6.07, 6.45) is 4.85. The van der Waals surface area contributed by atoms with Crippen molar-refractivity contribution in [3.05, 3.63) is 47.5 Å². The molecule has 1 saturated carbocycles. The number of ketones is 1. The van der Waals surface area contributed by atoms with Crippen LogP contribution in [0.15, 0.2) is 36.4 Å². The molecule has 1 aliphatic rings. The summed E-state index contributed by atoms with van der Waals surface area (Å²) in [6.45, 7) is 2.13. The van der Waals surface area contributed by atoms with Crippen LogP contribution in [-0.2, 0) is 11.2 Å². The molecule has 2 aromatic rings. The first kappa shape index (κ1) is 12.4. The second-order valence-electron chi connectivity index (χ2n) is 5.87. The van der Waals surface area contributed by atoms with Gasteiger partial charge < -0.3 is 0 Å². The first-order valence-electron chi connectivity index (χ1n) is 7.22. The fourth-order valence-electron chi connectivity index (χ4n) is 3.08. The van der Waals surface area contributed by atoms with Crippen LogP contribution in [0.5, 0.6) is 0 Å². The number of benzene rings is 2. The Morgan fingerprint density at radius 3 is 2.47 bits per heavy atom. The molecule has 1 aliphatic carbocycles. The molecule has 98 valence electrons. The van der Waals surface area contributed by atoms with Crippen molar-refractivity contribution < 1.29 is 4.79 Å². The summed E-state index contributed by atoms with van der Waals surface area (Å²) in [5.74, 6) is 1.14. The molecule has 0 heterocycles. The Hall–Kier alpha value is -1.63. The zero-order valence-electron chi connectivity index (χ0n) is 11.5. The van der Waals surface area contributed by atoms with Gasteiger partial charge in [-0.05, 0) is 48.4 Å². The van der Waals surface area contributed by atoms with Crippen LogP contribution in [0, 0.1) is 12.8 Å². The Kier molecular flexibility index (Phi) is 3.37. The van der Waals surface area contributed by atoms with Crippen LogP contribution >= 0.6 is 0 Å². The van der Waals surface area contributed by atoms with Gasteiger partial charge in [0.15, 0.2) is 0 Å². The molecule has 2 aromatic carbocycles. The van der Waals surface area contributed by atoms with Crippen LogP contribution < -0.4 is 0 Å². The van der Waals surface area contributed by atoms with Crippen LogP contribution in [0.2, 0.25) is 0 Å². The van der Waals surface area contributed by atoms with E-state index in [1.54, 1.807) is 0 Å². The zero-order chi connectivity index (χ0) is 13.2. The fourth-order valence-corrected chi connectivity index (χ4v) is 3.08. The van der Waals surface area contributed by atoms with Crippen molar-refractivity contribution in [2.75, 3.05) is 0 Å². The summed E-state index contributed by atoms with van der Waals surface area (Å²) in [5, 5.41) is 2.65. The smallest absolute Gasteiger partial charge is 0.132 e. The van der Waals surface area contributed by atoms with Gasteiger partial charge in [0.1, 0.15) is 5.78 Å². The highest BCUT2D eigenvalue weighted by molar-refractivity contribution is 5.83. The molecular weight excluding hydrogens is 232 g/mol. The van der Waals surface area contributed by atoms with Gasteiger partial charge in [0.2, 0.25) is 0 Å². The van der Waals surface area contributed by atoms with Crippen LogP contribution in [0.3, 0.4) is 0 Å². The molecule has 0 spiro atoms. The Bertz CT molecular complexity index is 602. The number of Topliss-reactive ketones (excluding diaryl/α,β-unsaturated/α-hetero) is 1. The second-order valence-corrected chi connectivity index (χ2v) is 5.87. The number of rotatable bonds is 2. The van der Waals surface area contributed by atoms with Crippen molar-refractivity contribution in [1.29, 1.82) is 0 Å². The van der Waals surface area contributed by atoms with Crippen LogP contribution in [0.25, 0.3) is 10.8 Å². The molecule has 0 bridgehead atoms. The highest BCUT2D eigenvalue weighted by Gasteiger charge is 2.18. The Morgan fingerprint density at radius 1 is 1.00 bits per heavy atom. The van der Waals surface area contributed by atoms with E-state index in [9.17, 15) is 4.79 Å². The topological polar surface area (TPSA) is 17.1 Å². The third kappa shape index (κ3) is 2.86. The number of fused-ring (bicyclic) bond motifs is 1. The van der Waals surface area contributed by atoms with Gasteiger partial charge in [-0.15, -0.1) is 0 Å². The minimum Gasteiger partial charge on any atom is -0.300 e. The van der Waals surface area contributed by atoms with Gasteiger partial charge in [0, 0.05) is 12.8 Å². The Labute approximate surface area is 114 Å². The van der Waals surface area contributed by atoms with Gasteiger partial charge in [-0.1, -0.05) is 42.0 Å². The molecule has 0 aromatic heterocycles. The van der Waals surface area contributed by atoms with Crippen molar-refractivity contribution in [1.82, 2.24) is 0 Å². The molecule has 3 rings (SSSR count). The van der Waals surface area contributed by atoms with Crippen molar-refractivity contribution in [3.63, 3.8) is 0 Å². The highest BCUT2D eigenvalue weighted by Crippen LogP contribution is 2.26. The molecule has 0 unspecified atom stereocenters. The lowest BCUT2D eigenvalue weighted by Gasteiger charge is -2.21. The average Bonchev–Trinajstić information content (AvgIpc) is 2.42. The Morgan fingerprint density at radius 2 is 1.68 bits per heavy atom. The number of hydrogen-bond acceptors (Lipinski definition) is 1. The van der Waals surface area contributed by atoms with Crippen LogP contribution in [-0.4, -0.2) is 5.78 Å². The van der Waals surface area contributed by atoms with Gasteiger partial charge in [-0.2, -0.15) is 0 Å². The summed E-state index contributed by atoms with van der Waals surface area (Å²) >= 11 is 0. The maximum atomic E-state index is 11.3. The zero-order valence-corrected chi connectivity index (χ0v) is 11.5. The van der Waals surface area contributed by atoms with E-state index in [0.717, 1.165) is 32.1 Å². The number of hydrogen-bond donors (Lipinski definition) is 0. The lowest BCUT2D eigenvalue weighted by Crippen LogP contribution is -2.15. The molecule has 0 atom stereocenters. The predicted molar refractivity (Wildman–Crippen MR) is 79.4 cm³/mol. The molecule has 0 aliphatic heterocycles. The summed E-state index contributed by atoms with van der Waals surface area (Å²) in [6, 6.07) is 13.4. The van der Waals surface area contributed by atoms with Crippen molar-refractivity contribution in [2.24, 2.45) is 5.92 Å². The van der Waals surface area contributed by atoms with E-state index in [2.05, 4.69) is 43.3 Å². The molecule has 1 heteroatoms. The third-order valence-corrected chi connectivity index (χ3v) is 4.25. The van der Waals surface area contributed by atoms with E-state index in [1.165, 1.54) is 21.9 Å². The minimum atomic E-state index is 0.449. The fraction of sp³-hybridized carbons (Fsp3) is 0.389. The quantitative estimate of drug-likeness (QED) is 0.771. The van der Waals surface area contributed by atoms with Crippen molar-refractivity contribution in [2.45, 2.75) is 39.0 Å². The molecule has 0 amide bonds. The molecule has 0 N–H and O–H groups in total. The predicted octanol–water partition coefficient (Wildman–Crippen LogP) is 4.45. The van der Waals surface area contributed by atoms with E-state index in [1.807, 2.05) is 0 Å². The largest absolute Gasteiger partial charge is 0.300 e. The summed E-state index contributed by atoms with van der Waals surface area (Å²) < 4.78 is 0. The van der Waals surface area contributed by atoms with Crippen LogP contribution in [0.1, 0.15) is 36.8 Å². The summed E-state index contributed by atoms with van der Waals surface area (Å²) in [7, 11) is 0. The van der Waals surface area contributed by atoms with E-state index >= 15 is 0 Å². The maximum Gasteiger partial charge on any atom is 0.132 e. The SMILES string of the molecule is Cc1ccc2cc(CC3CCC(=O)CC3)ccc2c1. The van der Waals surface area contributed by atoms with E-state index in [0.29, 0.717) is 11.7 Å². The maximum absolute atomic E-state index is 11.3. The minimum absolute atomic E-state index is 0.449. The van der Waals surface area contributed by atoms with Gasteiger partial charge in [-0.25, -0.2) is 0 Å². The van der Waals surface area contributed by atoms with Gasteiger partial charge in [0.25, 0.3) is 0 Å². The first-order valence-corrected chi connectivity index (χ1v) is 7.22. The average molecular weight is 252 g/mol. The summed E-state index contributed by atoms with van der Waals surface area (Å²) in [5.41, 5.74) is 2.72. The summed E-state index contributed by atoms with van der Waals surface area (Å²) in [4.78, 5) is 11.3. The molecular formula is C18H20O. The molecule has 0 saturated heterocycles. The normalized spacial score (nSPS) is 17.0. The first-order chi connectivity index (χ1) is 9.20. The van der Waals surface area contributed by atoms with E-state index < -0.39 is 0 Å². The molecule has 0 radical (unpaired) electrons. The number of carbonyl (C=O) groups excluding carboxylic acids is 1.